The van der Waals surface area contributed by atoms with Crippen molar-refractivity contribution in [1.29, 1.82) is 0 Å². The molecule has 0 radical (unpaired) electrons. The molecule has 3 nitrogen and oxygen atoms in total. The number of hydrogen-bond donors (Lipinski definition) is 0. The van der Waals surface area contributed by atoms with Gasteiger partial charge in [0.15, 0.2) is 5.82 Å². The van der Waals surface area contributed by atoms with Crippen molar-refractivity contribution in [2.75, 3.05) is 6.61 Å². The molecule has 2 rings (SSSR count). The third kappa shape index (κ3) is 2.22. The lowest BCUT2D eigenvalue weighted by Gasteiger charge is -2.14. The fourth-order valence-corrected chi connectivity index (χ4v) is 1.63. The fraction of sp³-hybridized carbons (Fsp3) is 0.600. The van der Waals surface area contributed by atoms with Gasteiger partial charge < -0.3 is 4.74 Å². The van der Waals surface area contributed by atoms with Crippen molar-refractivity contribution in [1.82, 2.24) is 9.97 Å². The van der Waals surface area contributed by atoms with Crippen LogP contribution in [0.5, 0.6) is 0 Å². The van der Waals surface area contributed by atoms with E-state index in [1.54, 1.807) is 12.3 Å². The SMILES string of the molecule is CCOC(c1nccc(Cl)n1)C1CC1. The third-order valence-electron chi connectivity index (χ3n) is 2.29. The monoisotopic (exact) mass is 212 g/mol. The van der Waals surface area contributed by atoms with Gasteiger partial charge in [0.2, 0.25) is 0 Å². The predicted octanol–water partition coefficient (Wildman–Crippen LogP) is 2.62. The van der Waals surface area contributed by atoms with E-state index in [4.69, 9.17) is 16.3 Å². The molecule has 0 aromatic carbocycles. The Balaban J connectivity index is 2.16. The molecule has 0 saturated heterocycles. The molecule has 14 heavy (non-hydrogen) atoms. The van der Waals surface area contributed by atoms with Crippen molar-refractivity contribution in [3.05, 3.63) is 23.2 Å². The number of aromatic nitrogens is 2. The zero-order valence-electron chi connectivity index (χ0n) is 8.11. The Labute approximate surface area is 88.5 Å². The molecular weight excluding hydrogens is 200 g/mol. The van der Waals surface area contributed by atoms with Gasteiger partial charge >= 0.3 is 0 Å². The van der Waals surface area contributed by atoms with Crippen LogP contribution in [0.3, 0.4) is 0 Å². The summed E-state index contributed by atoms with van der Waals surface area (Å²) in [4.78, 5) is 8.38. The van der Waals surface area contributed by atoms with E-state index in [2.05, 4.69) is 9.97 Å². The van der Waals surface area contributed by atoms with E-state index >= 15 is 0 Å². The number of nitrogens with zero attached hydrogens (tertiary/aromatic N) is 2. The van der Waals surface area contributed by atoms with Crippen molar-refractivity contribution in [3.63, 3.8) is 0 Å². The normalized spacial score (nSPS) is 18.1. The lowest BCUT2D eigenvalue weighted by molar-refractivity contribution is 0.0400. The van der Waals surface area contributed by atoms with Crippen molar-refractivity contribution in [3.8, 4) is 0 Å². The second-order valence-corrected chi connectivity index (χ2v) is 3.84. The summed E-state index contributed by atoms with van der Waals surface area (Å²) in [5, 5.41) is 0.486. The first kappa shape index (κ1) is 9.87. The van der Waals surface area contributed by atoms with Crippen LogP contribution < -0.4 is 0 Å². The van der Waals surface area contributed by atoms with Crippen LogP contribution >= 0.6 is 11.6 Å². The van der Waals surface area contributed by atoms with E-state index in [9.17, 15) is 0 Å². The standard InChI is InChI=1S/C10H13ClN2O/c1-2-14-9(7-3-4-7)10-12-6-5-8(11)13-10/h5-7,9H,2-4H2,1H3. The summed E-state index contributed by atoms with van der Waals surface area (Å²) in [5.41, 5.74) is 0. The van der Waals surface area contributed by atoms with Crippen molar-refractivity contribution >= 4 is 11.6 Å². The van der Waals surface area contributed by atoms with Gasteiger partial charge in [-0.3, -0.25) is 0 Å². The molecule has 1 unspecified atom stereocenters. The zero-order chi connectivity index (χ0) is 9.97. The third-order valence-corrected chi connectivity index (χ3v) is 2.50. The van der Waals surface area contributed by atoms with Crippen LogP contribution in [-0.2, 0) is 4.74 Å². The summed E-state index contributed by atoms with van der Waals surface area (Å²) < 4.78 is 5.62. The number of hydrogen-bond acceptors (Lipinski definition) is 3. The van der Waals surface area contributed by atoms with E-state index in [0.29, 0.717) is 17.7 Å². The molecule has 76 valence electrons. The minimum absolute atomic E-state index is 0.0405. The maximum absolute atomic E-state index is 5.81. The highest BCUT2D eigenvalue weighted by Gasteiger charge is 2.34. The van der Waals surface area contributed by atoms with Crippen LogP contribution in [0.4, 0.5) is 0 Å². The molecule has 1 heterocycles. The Hall–Kier alpha value is -0.670. The van der Waals surface area contributed by atoms with E-state index in [-0.39, 0.29) is 6.10 Å². The van der Waals surface area contributed by atoms with Gasteiger partial charge in [-0.15, -0.1) is 0 Å². The fourth-order valence-electron chi connectivity index (χ4n) is 1.49. The van der Waals surface area contributed by atoms with Gasteiger partial charge in [0.25, 0.3) is 0 Å². The van der Waals surface area contributed by atoms with E-state index < -0.39 is 0 Å². The maximum atomic E-state index is 5.81. The largest absolute Gasteiger partial charge is 0.370 e. The molecular formula is C10H13ClN2O. The minimum Gasteiger partial charge on any atom is -0.370 e. The smallest absolute Gasteiger partial charge is 0.159 e. The number of halogens is 1. The molecule has 1 fully saturated rings. The molecule has 0 spiro atoms. The Kier molecular flexibility index (Phi) is 2.99. The van der Waals surface area contributed by atoms with Gasteiger partial charge in [0.1, 0.15) is 11.3 Å². The van der Waals surface area contributed by atoms with Crippen molar-refractivity contribution in [2.24, 2.45) is 5.92 Å². The minimum atomic E-state index is 0.0405. The molecule has 0 aliphatic heterocycles. The highest BCUT2D eigenvalue weighted by molar-refractivity contribution is 6.29. The van der Waals surface area contributed by atoms with Crippen LogP contribution in [0, 0.1) is 5.92 Å². The van der Waals surface area contributed by atoms with Crippen LogP contribution in [0.25, 0.3) is 0 Å². The van der Waals surface area contributed by atoms with Gasteiger partial charge in [-0.05, 0) is 31.7 Å². The summed E-state index contributed by atoms with van der Waals surface area (Å²) in [5.74, 6) is 1.32. The maximum Gasteiger partial charge on any atom is 0.159 e. The first-order valence-corrected chi connectivity index (χ1v) is 5.29. The van der Waals surface area contributed by atoms with Gasteiger partial charge in [-0.25, -0.2) is 9.97 Å². The molecule has 1 aliphatic carbocycles. The van der Waals surface area contributed by atoms with Crippen molar-refractivity contribution < 1.29 is 4.74 Å². The molecule has 1 atom stereocenters. The van der Waals surface area contributed by atoms with Crippen LogP contribution in [0.1, 0.15) is 31.7 Å². The topological polar surface area (TPSA) is 35.0 Å². The summed E-state index contributed by atoms with van der Waals surface area (Å²) in [6.07, 6.45) is 4.14. The van der Waals surface area contributed by atoms with Gasteiger partial charge in [0, 0.05) is 12.8 Å². The molecule has 4 heteroatoms. The molecule has 0 bridgehead atoms. The van der Waals surface area contributed by atoms with Gasteiger partial charge in [-0.1, -0.05) is 11.6 Å². The van der Waals surface area contributed by atoms with Crippen molar-refractivity contribution in [2.45, 2.75) is 25.9 Å². The zero-order valence-corrected chi connectivity index (χ0v) is 8.87. The lowest BCUT2D eigenvalue weighted by Crippen LogP contribution is -2.10. The van der Waals surface area contributed by atoms with Crippen LogP contribution in [0.15, 0.2) is 12.3 Å². The Bertz CT molecular complexity index is 315. The molecule has 1 saturated carbocycles. The van der Waals surface area contributed by atoms with E-state index in [1.807, 2.05) is 6.92 Å². The first-order valence-electron chi connectivity index (χ1n) is 4.91. The second kappa shape index (κ2) is 4.24. The lowest BCUT2D eigenvalue weighted by atomic mass is 10.2. The molecule has 1 aromatic rings. The average molecular weight is 213 g/mol. The molecule has 1 aromatic heterocycles. The Morgan fingerprint density at radius 1 is 1.64 bits per heavy atom. The predicted molar refractivity (Wildman–Crippen MR) is 54.1 cm³/mol. The molecule has 0 amide bonds. The Morgan fingerprint density at radius 2 is 2.43 bits per heavy atom. The van der Waals surface area contributed by atoms with Gasteiger partial charge in [-0.2, -0.15) is 0 Å². The summed E-state index contributed by atoms with van der Waals surface area (Å²) in [6.45, 7) is 2.68. The summed E-state index contributed by atoms with van der Waals surface area (Å²) >= 11 is 5.81. The average Bonchev–Trinajstić information content (AvgIpc) is 2.97. The highest BCUT2D eigenvalue weighted by Crippen LogP contribution is 2.42. The number of rotatable bonds is 4. The number of ether oxygens (including phenoxy) is 1. The molecule has 1 aliphatic rings. The van der Waals surface area contributed by atoms with Crippen LogP contribution in [0.2, 0.25) is 5.15 Å². The van der Waals surface area contributed by atoms with E-state index in [1.165, 1.54) is 12.8 Å². The summed E-state index contributed by atoms with van der Waals surface area (Å²) in [6, 6.07) is 1.68. The van der Waals surface area contributed by atoms with Crippen LogP contribution in [-0.4, -0.2) is 16.6 Å². The second-order valence-electron chi connectivity index (χ2n) is 3.45. The quantitative estimate of drug-likeness (QED) is 0.720. The van der Waals surface area contributed by atoms with E-state index in [0.717, 1.165) is 5.82 Å². The highest BCUT2D eigenvalue weighted by atomic mass is 35.5. The molecule has 0 N–H and O–H groups in total. The first-order chi connectivity index (χ1) is 6.81. The van der Waals surface area contributed by atoms with Gasteiger partial charge in [0.05, 0.1) is 0 Å². The Morgan fingerprint density at radius 3 is 3.00 bits per heavy atom. The summed E-state index contributed by atoms with van der Waals surface area (Å²) in [7, 11) is 0.